The zero-order valence-electron chi connectivity index (χ0n) is 7.94. The molecular formula is C9H11N5. The van der Waals surface area contributed by atoms with Crippen LogP contribution in [-0.2, 0) is 7.05 Å². The predicted octanol–water partition coefficient (Wildman–Crippen LogP) is 1.08. The van der Waals surface area contributed by atoms with Gasteiger partial charge in [-0.15, -0.1) is 0 Å². The molecule has 0 bridgehead atoms. The summed E-state index contributed by atoms with van der Waals surface area (Å²) >= 11 is 0. The molecule has 0 radical (unpaired) electrons. The van der Waals surface area contributed by atoms with E-state index in [0.717, 1.165) is 17.2 Å². The van der Waals surface area contributed by atoms with Gasteiger partial charge in [0.15, 0.2) is 5.82 Å². The van der Waals surface area contributed by atoms with Crippen LogP contribution in [0.5, 0.6) is 0 Å². The van der Waals surface area contributed by atoms with Gasteiger partial charge in [0.25, 0.3) is 0 Å². The average molecular weight is 189 g/mol. The number of nitrogens with one attached hydrogen (secondary N) is 1. The molecule has 14 heavy (non-hydrogen) atoms. The normalized spacial score (nSPS) is 16.1. The summed E-state index contributed by atoms with van der Waals surface area (Å²) in [5.41, 5.74) is 0.968. The van der Waals surface area contributed by atoms with E-state index in [-0.39, 0.29) is 0 Å². The molecule has 0 aromatic carbocycles. The van der Waals surface area contributed by atoms with Crippen molar-refractivity contribution in [1.82, 2.24) is 25.0 Å². The molecule has 2 aromatic heterocycles. The van der Waals surface area contributed by atoms with Crippen LogP contribution in [0.3, 0.4) is 0 Å². The van der Waals surface area contributed by atoms with Crippen LogP contribution in [0.2, 0.25) is 0 Å². The van der Waals surface area contributed by atoms with Crippen LogP contribution in [0.25, 0.3) is 11.4 Å². The maximum atomic E-state index is 4.44. The molecule has 1 saturated carbocycles. The Bertz CT molecular complexity index is 451. The third-order valence-corrected chi connectivity index (χ3v) is 2.43. The number of rotatable bonds is 2. The molecule has 1 aliphatic rings. The zero-order chi connectivity index (χ0) is 9.54. The fraction of sp³-hybridized carbons (Fsp3) is 0.444. The first-order valence-corrected chi connectivity index (χ1v) is 4.74. The minimum atomic E-state index is 0.618. The first kappa shape index (κ1) is 7.73. The van der Waals surface area contributed by atoms with Gasteiger partial charge >= 0.3 is 0 Å². The summed E-state index contributed by atoms with van der Waals surface area (Å²) in [4.78, 5) is 4.44. The van der Waals surface area contributed by atoms with Crippen LogP contribution in [0.4, 0.5) is 0 Å². The molecule has 1 aliphatic carbocycles. The van der Waals surface area contributed by atoms with E-state index in [1.165, 1.54) is 12.8 Å². The second kappa shape index (κ2) is 2.67. The molecule has 2 aromatic rings. The van der Waals surface area contributed by atoms with Crippen molar-refractivity contribution in [3.05, 3.63) is 18.2 Å². The Hall–Kier alpha value is -1.65. The highest BCUT2D eigenvalue weighted by molar-refractivity contribution is 5.51. The van der Waals surface area contributed by atoms with Gasteiger partial charge in [0, 0.05) is 19.2 Å². The van der Waals surface area contributed by atoms with E-state index < -0.39 is 0 Å². The average Bonchev–Trinajstić information content (AvgIpc) is 2.76. The Morgan fingerprint density at radius 1 is 1.50 bits per heavy atom. The van der Waals surface area contributed by atoms with Crippen LogP contribution in [0.15, 0.2) is 12.4 Å². The molecule has 0 unspecified atom stereocenters. The third-order valence-electron chi connectivity index (χ3n) is 2.43. The summed E-state index contributed by atoms with van der Waals surface area (Å²) in [5.74, 6) is 2.39. The Labute approximate surface area is 81.2 Å². The van der Waals surface area contributed by atoms with Crippen LogP contribution in [0.1, 0.15) is 24.6 Å². The van der Waals surface area contributed by atoms with E-state index in [9.17, 15) is 0 Å². The Morgan fingerprint density at radius 3 is 3.00 bits per heavy atom. The second-order valence-electron chi connectivity index (χ2n) is 3.72. The van der Waals surface area contributed by atoms with Crippen molar-refractivity contribution in [1.29, 1.82) is 0 Å². The minimum absolute atomic E-state index is 0.618. The first-order valence-electron chi connectivity index (χ1n) is 4.74. The van der Waals surface area contributed by atoms with Crippen LogP contribution < -0.4 is 0 Å². The van der Waals surface area contributed by atoms with Crippen LogP contribution in [-0.4, -0.2) is 25.0 Å². The summed E-state index contributed by atoms with van der Waals surface area (Å²) < 4.78 is 1.75. The van der Waals surface area contributed by atoms with Gasteiger partial charge in [-0.2, -0.15) is 10.2 Å². The third kappa shape index (κ3) is 1.21. The number of aromatic amines is 1. The predicted molar refractivity (Wildman–Crippen MR) is 50.6 cm³/mol. The lowest BCUT2D eigenvalue weighted by Crippen LogP contribution is -1.84. The smallest absolute Gasteiger partial charge is 0.184 e. The first-order chi connectivity index (χ1) is 6.83. The molecule has 72 valence electrons. The summed E-state index contributed by atoms with van der Waals surface area (Å²) in [6.45, 7) is 0. The molecule has 0 atom stereocenters. The standard InChI is InChI=1S/C9H11N5/c1-14-5-7(4-10-14)9-11-8(12-13-9)6-2-3-6/h4-6H,2-3H2,1H3,(H,11,12,13). The topological polar surface area (TPSA) is 59.4 Å². The Kier molecular flexibility index (Phi) is 1.47. The molecule has 5 nitrogen and oxygen atoms in total. The molecular weight excluding hydrogens is 178 g/mol. The maximum absolute atomic E-state index is 4.44. The molecule has 3 rings (SSSR count). The summed E-state index contributed by atoms with van der Waals surface area (Å²) in [5, 5.41) is 11.2. The lowest BCUT2D eigenvalue weighted by molar-refractivity contribution is 0.768. The number of hydrogen-bond acceptors (Lipinski definition) is 3. The fourth-order valence-electron chi connectivity index (χ4n) is 1.48. The fourth-order valence-corrected chi connectivity index (χ4v) is 1.48. The molecule has 1 fully saturated rings. The van der Waals surface area contributed by atoms with E-state index in [0.29, 0.717) is 5.92 Å². The summed E-state index contributed by atoms with van der Waals surface area (Å²) in [6, 6.07) is 0. The van der Waals surface area contributed by atoms with E-state index in [1.54, 1.807) is 10.9 Å². The van der Waals surface area contributed by atoms with Crippen molar-refractivity contribution in [3.8, 4) is 11.4 Å². The summed E-state index contributed by atoms with van der Waals surface area (Å²) in [6.07, 6.45) is 6.17. The van der Waals surface area contributed by atoms with Gasteiger partial charge in [0.05, 0.1) is 11.8 Å². The number of aryl methyl sites for hydroxylation is 1. The van der Waals surface area contributed by atoms with Crippen LogP contribution in [0, 0.1) is 0 Å². The molecule has 0 aliphatic heterocycles. The zero-order valence-corrected chi connectivity index (χ0v) is 7.94. The molecule has 2 heterocycles. The highest BCUT2D eigenvalue weighted by atomic mass is 15.3. The van der Waals surface area contributed by atoms with Crippen molar-refractivity contribution in [2.75, 3.05) is 0 Å². The lowest BCUT2D eigenvalue weighted by atomic mass is 10.3. The van der Waals surface area contributed by atoms with Crippen molar-refractivity contribution < 1.29 is 0 Å². The molecule has 0 saturated heterocycles. The van der Waals surface area contributed by atoms with Gasteiger partial charge in [0.2, 0.25) is 0 Å². The van der Waals surface area contributed by atoms with Crippen LogP contribution >= 0.6 is 0 Å². The molecule has 1 N–H and O–H groups in total. The van der Waals surface area contributed by atoms with Crippen molar-refractivity contribution in [3.63, 3.8) is 0 Å². The number of hydrogen-bond donors (Lipinski definition) is 1. The van der Waals surface area contributed by atoms with Crippen molar-refractivity contribution in [2.45, 2.75) is 18.8 Å². The molecule has 0 spiro atoms. The van der Waals surface area contributed by atoms with Gasteiger partial charge in [-0.25, -0.2) is 4.98 Å². The van der Waals surface area contributed by atoms with Gasteiger partial charge in [-0.1, -0.05) is 0 Å². The van der Waals surface area contributed by atoms with Gasteiger partial charge < -0.3 is 0 Å². The number of H-pyrrole nitrogens is 1. The highest BCUT2D eigenvalue weighted by Gasteiger charge is 2.27. The van der Waals surface area contributed by atoms with Gasteiger partial charge in [0.1, 0.15) is 5.82 Å². The Morgan fingerprint density at radius 2 is 2.36 bits per heavy atom. The number of aromatic nitrogens is 5. The Balaban J connectivity index is 1.95. The minimum Gasteiger partial charge on any atom is -0.275 e. The largest absolute Gasteiger partial charge is 0.275 e. The highest BCUT2D eigenvalue weighted by Crippen LogP contribution is 2.38. The second-order valence-corrected chi connectivity index (χ2v) is 3.72. The monoisotopic (exact) mass is 189 g/mol. The van der Waals surface area contributed by atoms with E-state index >= 15 is 0 Å². The quantitative estimate of drug-likeness (QED) is 0.769. The molecule has 5 heteroatoms. The van der Waals surface area contributed by atoms with E-state index in [4.69, 9.17) is 0 Å². The maximum Gasteiger partial charge on any atom is 0.184 e. The van der Waals surface area contributed by atoms with E-state index in [1.807, 2.05) is 13.2 Å². The van der Waals surface area contributed by atoms with Crippen molar-refractivity contribution in [2.24, 2.45) is 7.05 Å². The SMILES string of the molecule is Cn1cc(-c2n[nH]c(C3CC3)n2)cn1. The molecule has 0 amide bonds. The number of nitrogens with zero attached hydrogens (tertiary/aromatic N) is 4. The van der Waals surface area contributed by atoms with Crippen molar-refractivity contribution >= 4 is 0 Å². The van der Waals surface area contributed by atoms with Gasteiger partial charge in [-0.05, 0) is 12.8 Å². The van der Waals surface area contributed by atoms with Gasteiger partial charge in [-0.3, -0.25) is 9.78 Å². The summed E-state index contributed by atoms with van der Waals surface area (Å²) in [7, 11) is 1.89. The lowest BCUT2D eigenvalue weighted by Gasteiger charge is -1.85. The van der Waals surface area contributed by atoms with E-state index in [2.05, 4.69) is 20.3 Å².